The van der Waals surface area contributed by atoms with Gasteiger partial charge in [-0.05, 0) is 41.5 Å². The summed E-state index contributed by atoms with van der Waals surface area (Å²) in [6.45, 7) is 2.21. The second-order valence-electron chi connectivity index (χ2n) is 8.87. The molecule has 0 unspecified atom stereocenters. The molecule has 2 aromatic rings. The Bertz CT molecular complexity index is 900. The highest BCUT2D eigenvalue weighted by molar-refractivity contribution is 5.81. The van der Waals surface area contributed by atoms with Crippen LogP contribution in [0.5, 0.6) is 0 Å². The number of amides is 1. The number of hydrogen-bond donors (Lipinski definition) is 2. The van der Waals surface area contributed by atoms with Crippen LogP contribution in [0.3, 0.4) is 0 Å². The summed E-state index contributed by atoms with van der Waals surface area (Å²) in [5, 5.41) is 12.6. The lowest BCUT2D eigenvalue weighted by molar-refractivity contribution is -0.143. The van der Waals surface area contributed by atoms with E-state index >= 15 is 0 Å². The number of carbonyl (C=O) groups is 2. The number of nitrogens with one attached hydrogen (secondary N) is 1. The quantitative estimate of drug-likeness (QED) is 0.584. The fourth-order valence-electron chi connectivity index (χ4n) is 5.51. The fraction of sp³-hybridized carbons (Fsp3) is 0.462. The van der Waals surface area contributed by atoms with Crippen LogP contribution in [0.15, 0.2) is 48.5 Å². The zero-order valence-corrected chi connectivity index (χ0v) is 18.1. The van der Waals surface area contributed by atoms with Crippen LogP contribution >= 0.6 is 0 Å². The van der Waals surface area contributed by atoms with Gasteiger partial charge in [0, 0.05) is 11.3 Å². The smallest absolute Gasteiger partial charge is 0.407 e. The molecule has 5 nitrogen and oxygen atoms in total. The Morgan fingerprint density at radius 2 is 1.55 bits per heavy atom. The van der Waals surface area contributed by atoms with Gasteiger partial charge in [0.15, 0.2) is 0 Å². The van der Waals surface area contributed by atoms with Crippen molar-refractivity contribution in [2.45, 2.75) is 63.8 Å². The van der Waals surface area contributed by atoms with Crippen LogP contribution in [0.1, 0.15) is 68.9 Å². The van der Waals surface area contributed by atoms with Gasteiger partial charge in [0.05, 0.1) is 0 Å². The average Bonchev–Trinajstić information content (AvgIpc) is 2.92. The van der Waals surface area contributed by atoms with E-state index in [2.05, 4.69) is 29.6 Å². The van der Waals surface area contributed by atoms with E-state index in [1.165, 1.54) is 11.1 Å². The Hall–Kier alpha value is -2.82. The number of fused-ring (bicyclic) bond motifs is 3. The summed E-state index contributed by atoms with van der Waals surface area (Å²) >= 11 is 0. The van der Waals surface area contributed by atoms with Crippen molar-refractivity contribution in [3.63, 3.8) is 0 Å². The Kier molecular flexibility index (Phi) is 6.30. The molecule has 2 aromatic carbocycles. The molecule has 2 aliphatic carbocycles. The molecule has 1 saturated carbocycles. The minimum atomic E-state index is -0.975. The first-order valence-electron chi connectivity index (χ1n) is 11.4. The summed E-state index contributed by atoms with van der Waals surface area (Å²) in [7, 11) is 0. The van der Waals surface area contributed by atoms with Crippen molar-refractivity contribution in [2.75, 3.05) is 6.61 Å². The van der Waals surface area contributed by atoms with Crippen LogP contribution < -0.4 is 5.32 Å². The predicted molar refractivity (Wildman–Crippen MR) is 120 cm³/mol. The van der Waals surface area contributed by atoms with Crippen molar-refractivity contribution < 1.29 is 19.4 Å². The summed E-state index contributed by atoms with van der Waals surface area (Å²) in [6.07, 6.45) is 5.99. The Labute approximate surface area is 183 Å². The first-order chi connectivity index (χ1) is 15.1. The first kappa shape index (κ1) is 21.4. The monoisotopic (exact) mass is 421 g/mol. The highest BCUT2D eigenvalue weighted by Crippen LogP contribution is 2.45. The summed E-state index contributed by atoms with van der Waals surface area (Å²) in [5.41, 5.74) is 4.20. The van der Waals surface area contributed by atoms with Crippen molar-refractivity contribution in [3.05, 3.63) is 59.7 Å². The predicted octanol–water partition coefficient (Wildman–Crippen LogP) is 5.73. The largest absolute Gasteiger partial charge is 0.480 e. The maximum absolute atomic E-state index is 12.7. The fourth-order valence-corrected chi connectivity index (χ4v) is 5.51. The molecule has 1 amide bonds. The highest BCUT2D eigenvalue weighted by Gasteiger charge is 2.43. The van der Waals surface area contributed by atoms with Crippen LogP contribution in [-0.2, 0) is 9.53 Å². The van der Waals surface area contributed by atoms with Gasteiger partial charge in [-0.15, -0.1) is 0 Å². The standard InChI is InChI=1S/C26H31NO4/c1-2-26(15-9-3-4-10-16-26)23(24(28)29)27-25(30)31-17-22-20-13-7-5-11-18(20)19-12-6-8-14-21(19)22/h5-8,11-14,22-23H,2-4,9-10,15-17H2,1H3,(H,27,30)(H,28,29)/t23-/m1/s1. The van der Waals surface area contributed by atoms with Crippen LogP contribution in [0.2, 0.25) is 0 Å². The third-order valence-corrected chi connectivity index (χ3v) is 7.27. The van der Waals surface area contributed by atoms with Crippen LogP contribution in [0, 0.1) is 5.41 Å². The number of carboxylic acid groups (broad SMARTS) is 1. The van der Waals surface area contributed by atoms with Crippen LogP contribution in [0.25, 0.3) is 11.1 Å². The van der Waals surface area contributed by atoms with E-state index in [0.29, 0.717) is 0 Å². The molecule has 0 aliphatic heterocycles. The van der Waals surface area contributed by atoms with E-state index in [1.807, 2.05) is 31.2 Å². The normalized spacial score (nSPS) is 18.4. The summed E-state index contributed by atoms with van der Waals surface area (Å²) in [4.78, 5) is 24.9. The molecule has 31 heavy (non-hydrogen) atoms. The van der Waals surface area contributed by atoms with E-state index < -0.39 is 23.5 Å². The molecule has 0 bridgehead atoms. The van der Waals surface area contributed by atoms with Gasteiger partial charge in [-0.2, -0.15) is 0 Å². The van der Waals surface area contributed by atoms with Crippen molar-refractivity contribution >= 4 is 12.1 Å². The van der Waals surface area contributed by atoms with E-state index in [1.54, 1.807) is 0 Å². The Morgan fingerprint density at radius 3 is 2.06 bits per heavy atom. The van der Waals surface area contributed by atoms with Gasteiger partial charge < -0.3 is 15.2 Å². The van der Waals surface area contributed by atoms with Gasteiger partial charge in [0.25, 0.3) is 0 Å². The molecule has 1 atom stereocenters. The van der Waals surface area contributed by atoms with E-state index in [0.717, 1.165) is 56.1 Å². The lowest BCUT2D eigenvalue weighted by atomic mass is 9.72. The number of carboxylic acids is 1. The van der Waals surface area contributed by atoms with Gasteiger partial charge in [-0.1, -0.05) is 81.1 Å². The zero-order chi connectivity index (χ0) is 21.8. The summed E-state index contributed by atoms with van der Waals surface area (Å²) in [6, 6.07) is 15.4. The molecular formula is C26H31NO4. The van der Waals surface area contributed by atoms with Crippen LogP contribution in [-0.4, -0.2) is 29.8 Å². The molecule has 0 aromatic heterocycles. The van der Waals surface area contributed by atoms with E-state index in [4.69, 9.17) is 4.74 Å². The number of rotatable bonds is 6. The molecule has 0 heterocycles. The second kappa shape index (κ2) is 9.13. The lowest BCUT2D eigenvalue weighted by Gasteiger charge is -2.37. The average molecular weight is 422 g/mol. The Balaban J connectivity index is 1.48. The molecule has 0 radical (unpaired) electrons. The number of benzene rings is 2. The van der Waals surface area contributed by atoms with Gasteiger partial charge in [0.2, 0.25) is 0 Å². The van der Waals surface area contributed by atoms with Crippen molar-refractivity contribution in [3.8, 4) is 11.1 Å². The van der Waals surface area contributed by atoms with Gasteiger partial charge in [-0.25, -0.2) is 9.59 Å². The molecular weight excluding hydrogens is 390 g/mol. The van der Waals surface area contributed by atoms with Gasteiger partial charge >= 0.3 is 12.1 Å². The zero-order valence-electron chi connectivity index (χ0n) is 18.1. The number of aliphatic carboxylic acids is 1. The summed E-state index contributed by atoms with van der Waals surface area (Å²) in [5.74, 6) is -1.02. The molecule has 5 heteroatoms. The first-order valence-corrected chi connectivity index (χ1v) is 11.4. The van der Waals surface area contributed by atoms with Gasteiger partial charge in [0.1, 0.15) is 12.6 Å². The van der Waals surface area contributed by atoms with Crippen molar-refractivity contribution in [2.24, 2.45) is 5.41 Å². The number of carbonyl (C=O) groups excluding carboxylic acids is 1. The van der Waals surface area contributed by atoms with E-state index in [-0.39, 0.29) is 12.5 Å². The number of hydrogen-bond acceptors (Lipinski definition) is 3. The van der Waals surface area contributed by atoms with Crippen molar-refractivity contribution in [1.82, 2.24) is 5.32 Å². The highest BCUT2D eigenvalue weighted by atomic mass is 16.5. The van der Waals surface area contributed by atoms with Crippen molar-refractivity contribution in [1.29, 1.82) is 0 Å². The maximum atomic E-state index is 12.7. The number of ether oxygens (including phenoxy) is 1. The molecule has 2 N–H and O–H groups in total. The summed E-state index contributed by atoms with van der Waals surface area (Å²) < 4.78 is 5.62. The molecule has 2 aliphatic rings. The Morgan fingerprint density at radius 1 is 1.00 bits per heavy atom. The SMILES string of the molecule is CCC1([C@H](NC(=O)OCC2c3ccccc3-c3ccccc32)C(=O)O)CCCCCC1. The minimum Gasteiger partial charge on any atom is -0.480 e. The molecule has 0 spiro atoms. The lowest BCUT2D eigenvalue weighted by Crippen LogP contribution is -2.52. The second-order valence-corrected chi connectivity index (χ2v) is 8.87. The van der Waals surface area contributed by atoms with E-state index in [9.17, 15) is 14.7 Å². The third kappa shape index (κ3) is 4.18. The van der Waals surface area contributed by atoms with Gasteiger partial charge in [-0.3, -0.25) is 0 Å². The molecule has 164 valence electrons. The molecule has 1 fully saturated rings. The topological polar surface area (TPSA) is 75.6 Å². The van der Waals surface area contributed by atoms with Crippen LogP contribution in [0.4, 0.5) is 4.79 Å². The third-order valence-electron chi connectivity index (χ3n) is 7.27. The maximum Gasteiger partial charge on any atom is 0.407 e. The number of alkyl carbamates (subject to hydrolysis) is 1. The molecule has 4 rings (SSSR count). The minimum absolute atomic E-state index is 0.0422. The molecule has 0 saturated heterocycles.